The van der Waals surface area contributed by atoms with Crippen molar-refractivity contribution >= 4 is 0 Å². The van der Waals surface area contributed by atoms with Crippen molar-refractivity contribution in [1.29, 1.82) is 0 Å². The molecule has 1 N–H and O–H groups in total. The van der Waals surface area contributed by atoms with Crippen LogP contribution in [0.4, 0.5) is 0 Å². The van der Waals surface area contributed by atoms with E-state index in [0.717, 1.165) is 0 Å². The van der Waals surface area contributed by atoms with Gasteiger partial charge in [-0.1, -0.05) is 0 Å². The topological polar surface area (TPSA) is 20.2 Å². The van der Waals surface area contributed by atoms with E-state index in [2.05, 4.69) is 0 Å². The third-order valence-corrected chi connectivity index (χ3v) is 2.73. The molecule has 2 fully saturated rings. The van der Waals surface area contributed by atoms with Crippen LogP contribution in [-0.4, -0.2) is 11.2 Å². The van der Waals surface area contributed by atoms with E-state index >= 15 is 0 Å². The van der Waals surface area contributed by atoms with Crippen LogP contribution < -0.4 is 0 Å². The van der Waals surface area contributed by atoms with Gasteiger partial charge in [0.1, 0.15) is 0 Å². The Bertz CT molecular complexity index is 114. The van der Waals surface area contributed by atoms with Gasteiger partial charge in [0.05, 0.1) is 6.10 Å². The number of rotatable bonds is 1. The molecule has 0 aromatic heterocycles. The van der Waals surface area contributed by atoms with E-state index in [1.807, 2.05) is 6.92 Å². The summed E-state index contributed by atoms with van der Waals surface area (Å²) in [5.41, 5.74) is 0.689. The fourth-order valence-electron chi connectivity index (χ4n) is 1.80. The number of hydrogen-bond acceptors (Lipinski definition) is 1. The fourth-order valence-corrected chi connectivity index (χ4v) is 1.80. The standard InChI is InChI=1S/C7H12O/c1-5(8)6-4-7(6)2-3-7/h5-6,8H,2-4H2,1H3. The van der Waals surface area contributed by atoms with Gasteiger partial charge in [-0.3, -0.25) is 0 Å². The average molecular weight is 112 g/mol. The summed E-state index contributed by atoms with van der Waals surface area (Å²) < 4.78 is 0. The van der Waals surface area contributed by atoms with Crippen LogP contribution in [0.5, 0.6) is 0 Å². The van der Waals surface area contributed by atoms with Gasteiger partial charge in [0.2, 0.25) is 0 Å². The van der Waals surface area contributed by atoms with Crippen molar-refractivity contribution < 1.29 is 5.11 Å². The highest BCUT2D eigenvalue weighted by molar-refractivity contribution is 5.13. The first-order valence-electron chi connectivity index (χ1n) is 3.43. The Morgan fingerprint density at radius 1 is 1.62 bits per heavy atom. The average Bonchev–Trinajstić information content (AvgIpc) is 2.50. The predicted octanol–water partition coefficient (Wildman–Crippen LogP) is 1.17. The molecule has 2 aliphatic rings. The maximum absolute atomic E-state index is 9.07. The molecule has 0 aromatic rings. The maximum atomic E-state index is 9.07. The van der Waals surface area contributed by atoms with Crippen LogP contribution >= 0.6 is 0 Å². The fraction of sp³-hybridized carbons (Fsp3) is 1.00. The van der Waals surface area contributed by atoms with Crippen molar-refractivity contribution in [3.05, 3.63) is 0 Å². The van der Waals surface area contributed by atoms with Crippen molar-refractivity contribution in [3.63, 3.8) is 0 Å². The van der Waals surface area contributed by atoms with Crippen molar-refractivity contribution in [3.8, 4) is 0 Å². The molecule has 0 heterocycles. The summed E-state index contributed by atoms with van der Waals surface area (Å²) in [4.78, 5) is 0. The third-order valence-electron chi connectivity index (χ3n) is 2.73. The Kier molecular flexibility index (Phi) is 0.663. The van der Waals surface area contributed by atoms with Crippen LogP contribution in [0.25, 0.3) is 0 Å². The number of aliphatic hydroxyl groups excluding tert-OH is 1. The molecule has 2 atom stereocenters. The lowest BCUT2D eigenvalue weighted by atomic mass is 10.2. The summed E-state index contributed by atoms with van der Waals surface area (Å²) in [5.74, 6) is 0.683. The second-order valence-electron chi connectivity index (χ2n) is 3.41. The largest absolute Gasteiger partial charge is 0.393 e. The predicted molar refractivity (Wildman–Crippen MR) is 31.5 cm³/mol. The van der Waals surface area contributed by atoms with Gasteiger partial charge >= 0.3 is 0 Å². The minimum Gasteiger partial charge on any atom is -0.393 e. The molecule has 0 amide bonds. The van der Waals surface area contributed by atoms with Crippen LogP contribution in [0.15, 0.2) is 0 Å². The molecular weight excluding hydrogens is 100 g/mol. The number of aliphatic hydroxyl groups is 1. The molecular formula is C7H12O. The van der Waals surface area contributed by atoms with E-state index in [0.29, 0.717) is 11.3 Å². The molecule has 0 aliphatic heterocycles. The second-order valence-corrected chi connectivity index (χ2v) is 3.41. The molecule has 0 bridgehead atoms. The molecule has 2 aliphatic carbocycles. The molecule has 1 heteroatoms. The van der Waals surface area contributed by atoms with Gasteiger partial charge in [-0.05, 0) is 37.5 Å². The molecule has 2 saturated carbocycles. The molecule has 2 rings (SSSR count). The lowest BCUT2D eigenvalue weighted by molar-refractivity contribution is 0.162. The highest BCUT2D eigenvalue weighted by Crippen LogP contribution is 2.71. The Morgan fingerprint density at radius 2 is 2.25 bits per heavy atom. The van der Waals surface area contributed by atoms with Crippen LogP contribution in [0.2, 0.25) is 0 Å². The van der Waals surface area contributed by atoms with Gasteiger partial charge in [0.25, 0.3) is 0 Å². The summed E-state index contributed by atoms with van der Waals surface area (Å²) in [6.45, 7) is 1.91. The Hall–Kier alpha value is -0.0400. The normalized spacial score (nSPS) is 42.0. The van der Waals surface area contributed by atoms with Gasteiger partial charge in [-0.2, -0.15) is 0 Å². The van der Waals surface area contributed by atoms with E-state index < -0.39 is 0 Å². The Morgan fingerprint density at radius 3 is 2.38 bits per heavy atom. The van der Waals surface area contributed by atoms with E-state index in [1.54, 1.807) is 0 Å². The van der Waals surface area contributed by atoms with Gasteiger partial charge in [-0.25, -0.2) is 0 Å². The van der Waals surface area contributed by atoms with Crippen LogP contribution in [0, 0.1) is 11.3 Å². The maximum Gasteiger partial charge on any atom is 0.0545 e. The quantitative estimate of drug-likeness (QED) is 0.539. The number of hydrogen-bond donors (Lipinski definition) is 1. The first-order valence-corrected chi connectivity index (χ1v) is 3.43. The zero-order chi connectivity index (χ0) is 5.78. The molecule has 0 radical (unpaired) electrons. The van der Waals surface area contributed by atoms with Crippen molar-refractivity contribution in [2.24, 2.45) is 11.3 Å². The van der Waals surface area contributed by atoms with E-state index in [9.17, 15) is 0 Å². The van der Waals surface area contributed by atoms with Crippen molar-refractivity contribution in [2.75, 3.05) is 0 Å². The summed E-state index contributed by atoms with van der Waals surface area (Å²) in [6.07, 6.45) is 4.06. The molecule has 2 unspecified atom stereocenters. The second kappa shape index (κ2) is 1.10. The summed E-state index contributed by atoms with van der Waals surface area (Å²) in [5, 5.41) is 9.07. The third kappa shape index (κ3) is 0.455. The zero-order valence-electron chi connectivity index (χ0n) is 5.22. The van der Waals surface area contributed by atoms with Gasteiger partial charge in [-0.15, -0.1) is 0 Å². The molecule has 1 spiro atoms. The minimum atomic E-state index is -0.0301. The van der Waals surface area contributed by atoms with Crippen LogP contribution in [0.3, 0.4) is 0 Å². The first kappa shape index (κ1) is 4.80. The monoisotopic (exact) mass is 112 g/mol. The molecule has 1 nitrogen and oxygen atoms in total. The Balaban J connectivity index is 1.96. The van der Waals surface area contributed by atoms with Crippen molar-refractivity contribution in [1.82, 2.24) is 0 Å². The minimum absolute atomic E-state index is 0.0301. The highest BCUT2D eigenvalue weighted by atomic mass is 16.3. The van der Waals surface area contributed by atoms with Crippen molar-refractivity contribution in [2.45, 2.75) is 32.3 Å². The van der Waals surface area contributed by atoms with E-state index in [-0.39, 0.29) is 6.10 Å². The Labute approximate surface area is 49.7 Å². The summed E-state index contributed by atoms with van der Waals surface area (Å²) >= 11 is 0. The summed E-state index contributed by atoms with van der Waals surface area (Å²) in [7, 11) is 0. The molecule has 0 saturated heterocycles. The van der Waals surface area contributed by atoms with E-state index in [1.165, 1.54) is 19.3 Å². The van der Waals surface area contributed by atoms with E-state index in [4.69, 9.17) is 5.11 Å². The molecule has 0 aromatic carbocycles. The van der Waals surface area contributed by atoms with Crippen LogP contribution in [-0.2, 0) is 0 Å². The molecule has 8 heavy (non-hydrogen) atoms. The van der Waals surface area contributed by atoms with Gasteiger partial charge in [0.15, 0.2) is 0 Å². The lowest BCUT2D eigenvalue weighted by Gasteiger charge is -1.97. The lowest BCUT2D eigenvalue weighted by Crippen LogP contribution is -2.03. The van der Waals surface area contributed by atoms with Gasteiger partial charge in [0, 0.05) is 0 Å². The van der Waals surface area contributed by atoms with Gasteiger partial charge < -0.3 is 5.11 Å². The first-order chi connectivity index (χ1) is 3.75. The van der Waals surface area contributed by atoms with Crippen LogP contribution in [0.1, 0.15) is 26.2 Å². The highest BCUT2D eigenvalue weighted by Gasteiger charge is 2.63. The smallest absolute Gasteiger partial charge is 0.0545 e. The summed E-state index contributed by atoms with van der Waals surface area (Å²) in [6, 6.07) is 0. The molecule has 46 valence electrons. The zero-order valence-corrected chi connectivity index (χ0v) is 5.22. The SMILES string of the molecule is CC(O)C1CC12CC2.